The highest BCUT2D eigenvalue weighted by molar-refractivity contribution is 7.90. The van der Waals surface area contributed by atoms with Crippen LogP contribution in [-0.2, 0) is 14.8 Å². The Balaban J connectivity index is 0.954. The summed E-state index contributed by atoms with van der Waals surface area (Å²) in [7, 11) is -4.56. The van der Waals surface area contributed by atoms with Gasteiger partial charge in [-0.15, -0.1) is 0 Å². The van der Waals surface area contributed by atoms with E-state index in [4.69, 9.17) is 9.47 Å². The lowest BCUT2D eigenvalue weighted by Gasteiger charge is -2.36. The number of hydrogen-bond acceptors (Lipinski definition) is 11. The lowest BCUT2D eigenvalue weighted by atomic mass is 9.88. The maximum Gasteiger partial charge on any atom is 0.293 e. The number of nitro benzene ring substituents is 1. The minimum atomic E-state index is -4.56. The van der Waals surface area contributed by atoms with Gasteiger partial charge in [0, 0.05) is 49.4 Å². The minimum Gasteiger partial charge on any atom is -0.455 e. The molecule has 0 radical (unpaired) electrons. The summed E-state index contributed by atoms with van der Waals surface area (Å²) in [6.45, 7) is 3.20. The van der Waals surface area contributed by atoms with Gasteiger partial charge in [-0.25, -0.2) is 18.1 Å². The number of rotatable bonds is 13. The van der Waals surface area contributed by atoms with Gasteiger partial charge < -0.3 is 25.1 Å². The molecule has 5 aromatic rings. The van der Waals surface area contributed by atoms with Gasteiger partial charge in [0.15, 0.2) is 0 Å². The summed E-state index contributed by atoms with van der Waals surface area (Å²) in [5, 5.41) is 19.0. The van der Waals surface area contributed by atoms with Gasteiger partial charge in [0.2, 0.25) is 0 Å². The first-order valence-electron chi connectivity index (χ1n) is 20.4. The van der Waals surface area contributed by atoms with Crippen molar-refractivity contribution < 1.29 is 27.6 Å². The molecule has 2 saturated heterocycles. The van der Waals surface area contributed by atoms with E-state index in [0.717, 1.165) is 54.9 Å². The Morgan fingerprint density at radius 3 is 2.68 bits per heavy atom. The number of nitrogens with zero attached hydrogens (tertiary/aromatic N) is 3. The van der Waals surface area contributed by atoms with Crippen LogP contribution in [0.25, 0.3) is 16.6 Å². The third-order valence-electron chi connectivity index (χ3n) is 11.9. The van der Waals surface area contributed by atoms with Crippen LogP contribution >= 0.6 is 0 Å². The summed E-state index contributed by atoms with van der Waals surface area (Å²) in [5.74, 6) is 0.271. The van der Waals surface area contributed by atoms with Gasteiger partial charge in [0.05, 0.1) is 34.3 Å². The highest BCUT2D eigenvalue weighted by atomic mass is 32.2. The number of carbonyl (C=O) groups is 1. The number of benzene rings is 3. The lowest BCUT2D eigenvalue weighted by Crippen LogP contribution is -2.42. The number of ether oxygens (including phenoxy) is 2. The fourth-order valence-electron chi connectivity index (χ4n) is 8.81. The molecule has 306 valence electrons. The van der Waals surface area contributed by atoms with E-state index in [1.807, 2.05) is 12.1 Å². The van der Waals surface area contributed by atoms with Gasteiger partial charge in [-0.2, -0.15) is 0 Å². The summed E-state index contributed by atoms with van der Waals surface area (Å²) >= 11 is 0. The molecule has 14 nitrogen and oxygen atoms in total. The number of likely N-dealkylation sites (tertiary alicyclic amines) is 1. The molecule has 0 bridgehead atoms. The van der Waals surface area contributed by atoms with Crippen molar-refractivity contribution in [2.45, 2.75) is 73.9 Å². The Bertz CT molecular complexity index is 2530. The second-order valence-electron chi connectivity index (χ2n) is 15.8. The zero-order valence-corrected chi connectivity index (χ0v) is 33.4. The number of nitro groups is 1. The molecule has 3 atom stereocenters. The zero-order valence-electron chi connectivity index (χ0n) is 32.6. The molecule has 59 heavy (non-hydrogen) atoms. The highest BCUT2D eigenvalue weighted by Crippen LogP contribution is 2.47. The number of allylic oxidation sites excluding steroid dienone is 1. The quantitative estimate of drug-likeness (QED) is 0.0685. The number of H-pyrrole nitrogens is 1. The maximum absolute atomic E-state index is 13.9. The monoisotopic (exact) mass is 817 g/mol. The number of pyridine rings is 1. The fourth-order valence-corrected chi connectivity index (χ4v) is 9.80. The number of aromatic amines is 1. The summed E-state index contributed by atoms with van der Waals surface area (Å²) < 4.78 is 41.4. The Kier molecular flexibility index (Phi) is 10.9. The van der Waals surface area contributed by atoms with Crippen molar-refractivity contribution in [3.05, 3.63) is 124 Å². The van der Waals surface area contributed by atoms with E-state index in [2.05, 4.69) is 60.6 Å². The molecular formula is C44H47N7O7S. The zero-order chi connectivity index (χ0) is 40.5. The van der Waals surface area contributed by atoms with Crippen LogP contribution in [-0.4, -0.2) is 79.0 Å². The van der Waals surface area contributed by atoms with Crippen LogP contribution < -0.4 is 20.1 Å². The number of amides is 1. The number of nitrogens with one attached hydrogen (secondary N) is 4. The van der Waals surface area contributed by atoms with E-state index in [9.17, 15) is 23.3 Å². The van der Waals surface area contributed by atoms with E-state index < -0.39 is 31.4 Å². The molecule has 0 spiro atoms. The lowest BCUT2D eigenvalue weighted by molar-refractivity contribution is -0.384. The van der Waals surface area contributed by atoms with Crippen LogP contribution in [0.2, 0.25) is 0 Å². The fraction of sp³-hybridized carbons (Fsp3) is 0.364. The topological polar surface area (TPSA) is 181 Å². The molecule has 2 aliphatic carbocycles. The van der Waals surface area contributed by atoms with Gasteiger partial charge in [0.25, 0.3) is 21.6 Å². The number of aromatic nitrogens is 2. The van der Waals surface area contributed by atoms with E-state index in [0.29, 0.717) is 42.5 Å². The number of hydrogen-bond donors (Lipinski definition) is 4. The summed E-state index contributed by atoms with van der Waals surface area (Å²) in [4.78, 5) is 35.0. The van der Waals surface area contributed by atoms with Crippen molar-refractivity contribution in [1.29, 1.82) is 0 Å². The van der Waals surface area contributed by atoms with Crippen molar-refractivity contribution in [2.75, 3.05) is 38.1 Å². The van der Waals surface area contributed by atoms with Crippen molar-refractivity contribution in [3.8, 4) is 11.5 Å². The second-order valence-corrected chi connectivity index (χ2v) is 17.5. The first-order valence-corrected chi connectivity index (χ1v) is 21.9. The maximum atomic E-state index is 13.9. The first-order chi connectivity index (χ1) is 28.7. The van der Waals surface area contributed by atoms with Crippen LogP contribution in [0.5, 0.6) is 11.5 Å². The van der Waals surface area contributed by atoms with Gasteiger partial charge in [-0.05, 0) is 116 Å². The molecule has 9 rings (SSSR count). The molecule has 1 saturated carbocycles. The minimum absolute atomic E-state index is 0.0242. The molecular weight excluding hydrogens is 771 g/mol. The molecule has 3 fully saturated rings. The number of carbonyl (C=O) groups excluding carboxylic acids is 1. The molecule has 1 amide bonds. The van der Waals surface area contributed by atoms with Crippen LogP contribution in [0.4, 0.5) is 11.4 Å². The van der Waals surface area contributed by atoms with Crippen molar-refractivity contribution >= 4 is 43.9 Å². The largest absolute Gasteiger partial charge is 0.455 e. The number of morpholine rings is 1. The summed E-state index contributed by atoms with van der Waals surface area (Å²) in [5.41, 5.74) is 5.36. The molecule has 3 unspecified atom stereocenters. The van der Waals surface area contributed by atoms with E-state index in [1.165, 1.54) is 55.1 Å². The predicted molar refractivity (Wildman–Crippen MR) is 224 cm³/mol. The van der Waals surface area contributed by atoms with E-state index >= 15 is 0 Å². The standard InChI is InChI=1S/C44H47N7O7S/c52-44(49-59(55,56)35-14-16-39(41(24-35)51(53)54)47-27-34-25-45-19-21-57-34)38-15-11-30(23-42(38)58-33-22-31-17-18-46-43(31)48-26-33)28-9-12-32(13-10-28)50-20-3-6-40(50)37-5-2-1-4-36(37)29-7-8-29/h1-2,4-5,9,11,14-18,22-24,26,29,32,34,40,45,47H,3,6-8,10,12-13,19-21,25,27H2,(H,46,48)(H,49,52). The predicted octanol–water partition coefficient (Wildman–Crippen LogP) is 7.43. The second kappa shape index (κ2) is 16.6. The Hall–Kier alpha value is -5.61. The molecule has 2 aliphatic heterocycles. The number of fused-ring (bicyclic) bond motifs is 1. The van der Waals surface area contributed by atoms with Gasteiger partial charge in [-0.3, -0.25) is 19.8 Å². The van der Waals surface area contributed by atoms with Crippen LogP contribution in [0.15, 0.2) is 96.2 Å². The Morgan fingerprint density at radius 2 is 1.90 bits per heavy atom. The smallest absolute Gasteiger partial charge is 0.293 e. The van der Waals surface area contributed by atoms with E-state index in [-0.39, 0.29) is 29.6 Å². The Morgan fingerprint density at radius 1 is 1.03 bits per heavy atom. The SMILES string of the molecule is O=C(NS(=O)(=O)c1ccc(NCC2CNCCO2)c([N+](=O)[O-])c1)c1ccc(C2=CCC(N3CCCC3c3ccccc3C3CC3)CC2)cc1Oc1cnc2[nH]ccc2c1. The highest BCUT2D eigenvalue weighted by Gasteiger charge is 2.36. The molecule has 2 aromatic heterocycles. The normalized spacial score (nSPS) is 21.2. The Labute approximate surface area is 342 Å². The van der Waals surface area contributed by atoms with Gasteiger partial charge >= 0.3 is 0 Å². The van der Waals surface area contributed by atoms with Gasteiger partial charge in [0.1, 0.15) is 22.8 Å². The van der Waals surface area contributed by atoms with E-state index in [1.54, 1.807) is 24.4 Å². The average molecular weight is 818 g/mol. The van der Waals surface area contributed by atoms with Crippen molar-refractivity contribution in [2.24, 2.45) is 0 Å². The number of anilines is 1. The summed E-state index contributed by atoms with van der Waals surface area (Å²) in [6.07, 6.45) is 13.0. The molecule has 15 heteroatoms. The third-order valence-corrected chi connectivity index (χ3v) is 13.3. The first kappa shape index (κ1) is 38.9. The molecule has 4 heterocycles. The molecule has 4 N–H and O–H groups in total. The van der Waals surface area contributed by atoms with Gasteiger partial charge in [-0.1, -0.05) is 36.4 Å². The third kappa shape index (κ3) is 8.46. The number of sulfonamides is 1. The summed E-state index contributed by atoms with van der Waals surface area (Å²) in [6, 6.07) is 22.1. The molecule has 3 aromatic carbocycles. The molecule has 4 aliphatic rings. The van der Waals surface area contributed by atoms with Crippen LogP contribution in [0, 0.1) is 10.1 Å². The van der Waals surface area contributed by atoms with Crippen molar-refractivity contribution in [1.82, 2.24) is 24.9 Å². The van der Waals surface area contributed by atoms with Crippen LogP contribution in [0.3, 0.4) is 0 Å². The van der Waals surface area contributed by atoms with Crippen molar-refractivity contribution in [3.63, 3.8) is 0 Å². The van der Waals surface area contributed by atoms with Crippen LogP contribution in [0.1, 0.15) is 84.0 Å². The average Bonchev–Trinajstić information content (AvgIpc) is 3.79.